The predicted molar refractivity (Wildman–Crippen MR) is 165 cm³/mol. The highest BCUT2D eigenvalue weighted by molar-refractivity contribution is 6.33. The molecular weight excluding hydrogens is 629 g/mol. The van der Waals surface area contributed by atoms with Crippen LogP contribution < -0.4 is 21.5 Å². The number of carbonyl (C=O) groups is 2. The summed E-state index contributed by atoms with van der Waals surface area (Å²) >= 11 is 6.20. The van der Waals surface area contributed by atoms with Gasteiger partial charge in [-0.1, -0.05) is 11.6 Å². The molecule has 242 valence electrons. The predicted octanol–water partition coefficient (Wildman–Crippen LogP) is 3.25. The highest BCUT2D eigenvalue weighted by Crippen LogP contribution is 2.36. The van der Waals surface area contributed by atoms with Crippen molar-refractivity contribution in [1.82, 2.24) is 24.0 Å². The van der Waals surface area contributed by atoms with Gasteiger partial charge < -0.3 is 30.5 Å². The molecule has 0 aliphatic carbocycles. The summed E-state index contributed by atoms with van der Waals surface area (Å²) in [5.41, 5.74) is 3.32. The van der Waals surface area contributed by atoms with E-state index in [0.717, 1.165) is 25.6 Å². The van der Waals surface area contributed by atoms with E-state index in [0.29, 0.717) is 37.6 Å². The Bertz CT molecular complexity index is 1980. The van der Waals surface area contributed by atoms with Crippen LogP contribution in [-0.4, -0.2) is 73.6 Å². The number of pyridine rings is 1. The second-order valence-corrected chi connectivity index (χ2v) is 12.0. The number of anilines is 2. The fourth-order valence-electron chi connectivity index (χ4n) is 6.16. The molecule has 2 aliphatic heterocycles. The molecule has 0 spiro atoms. The first kappa shape index (κ1) is 31.4. The molecule has 5 heterocycles. The fourth-order valence-corrected chi connectivity index (χ4v) is 6.30. The molecule has 2 amide bonds. The average molecular weight is 659 g/mol. The van der Waals surface area contributed by atoms with Crippen molar-refractivity contribution in [3.63, 3.8) is 0 Å². The Labute approximate surface area is 265 Å². The van der Waals surface area contributed by atoms with E-state index in [9.17, 15) is 28.3 Å². The van der Waals surface area contributed by atoms with E-state index >= 15 is 4.39 Å². The molecule has 12 nitrogen and oxygen atoms in total. The fraction of sp³-hybridized carbons (Fsp3) is 0.367. The molecule has 0 bridgehead atoms. The Morgan fingerprint density at radius 3 is 2.59 bits per heavy atom. The molecule has 1 saturated heterocycles. The number of aromatic hydroxyl groups is 1. The normalized spacial score (nSPS) is 16.9. The molecule has 1 fully saturated rings. The van der Waals surface area contributed by atoms with Crippen LogP contribution in [-0.2, 0) is 24.3 Å². The van der Waals surface area contributed by atoms with Crippen LogP contribution in [0.5, 0.6) is 5.75 Å². The number of hydrogen-bond acceptors (Lipinski definition) is 8. The molecule has 4 aromatic rings. The molecule has 16 heteroatoms. The van der Waals surface area contributed by atoms with Gasteiger partial charge in [-0.15, -0.1) is 0 Å². The molecule has 1 aromatic carbocycles. The van der Waals surface area contributed by atoms with Crippen molar-refractivity contribution in [2.24, 2.45) is 5.73 Å². The summed E-state index contributed by atoms with van der Waals surface area (Å²) in [5, 5.41) is 12.1. The number of aromatic nitrogens is 4. The third kappa shape index (κ3) is 5.42. The third-order valence-corrected chi connectivity index (χ3v) is 8.80. The topological polar surface area (TPSA) is 152 Å². The monoisotopic (exact) mass is 658 g/mol. The standard InChI is InChI=1S/C30H30ClF3N8O4/c1-14-11-39(2)7-8-41(14)20-10-18(23(31)27(34)37-20)36-21(43)13-40-12-17(15-9-16(28(35)45)26(44)25(33)24(15)32)22-29(40)38-19-5-3-4-6-42(19)30(22)46/h9-10,12,14,44H,3-8,11,13H2,1-2H3,(H2,35,45)(H,36,37,43)/t14-/m0/s1. The summed E-state index contributed by atoms with van der Waals surface area (Å²) in [4.78, 5) is 51.7. The minimum atomic E-state index is -1.73. The molecule has 0 saturated carbocycles. The lowest BCUT2D eigenvalue weighted by molar-refractivity contribution is -0.116. The van der Waals surface area contributed by atoms with Gasteiger partial charge in [-0.05, 0) is 32.9 Å². The molecule has 46 heavy (non-hydrogen) atoms. The van der Waals surface area contributed by atoms with Crippen molar-refractivity contribution < 1.29 is 27.9 Å². The number of benzene rings is 1. The van der Waals surface area contributed by atoms with Gasteiger partial charge in [0, 0.05) is 62.0 Å². The van der Waals surface area contributed by atoms with Crippen LogP contribution in [0, 0.1) is 17.6 Å². The van der Waals surface area contributed by atoms with Crippen LogP contribution in [0.1, 0.15) is 35.9 Å². The highest BCUT2D eigenvalue weighted by Gasteiger charge is 2.29. The van der Waals surface area contributed by atoms with Crippen LogP contribution in [0.15, 0.2) is 23.1 Å². The number of piperazine rings is 1. The summed E-state index contributed by atoms with van der Waals surface area (Å²) in [6, 6.07) is 2.33. The third-order valence-electron chi connectivity index (χ3n) is 8.44. The highest BCUT2D eigenvalue weighted by atomic mass is 35.5. The van der Waals surface area contributed by atoms with E-state index in [1.165, 1.54) is 21.4 Å². The first-order chi connectivity index (χ1) is 21.8. The SMILES string of the molecule is C[C@H]1CN(C)CCN1c1cc(NC(=O)Cn2cc(-c3cc(C(N)=O)c(O)c(F)c3F)c3c(=O)n4c(nc32)CCCC4)c(Cl)c(F)n1. The average Bonchev–Trinajstić information content (AvgIpc) is 3.35. The van der Waals surface area contributed by atoms with Gasteiger partial charge in [-0.25, -0.2) is 14.4 Å². The van der Waals surface area contributed by atoms with E-state index in [4.69, 9.17) is 17.3 Å². The van der Waals surface area contributed by atoms with Crippen LogP contribution in [0.2, 0.25) is 5.02 Å². The second kappa shape index (κ2) is 11.9. The quantitative estimate of drug-likeness (QED) is 0.267. The number of fused-ring (bicyclic) bond motifs is 2. The molecule has 6 rings (SSSR count). The van der Waals surface area contributed by atoms with Gasteiger partial charge in [0.1, 0.15) is 28.9 Å². The lowest BCUT2D eigenvalue weighted by atomic mass is 10.0. The van der Waals surface area contributed by atoms with E-state index in [1.54, 1.807) is 0 Å². The largest absolute Gasteiger partial charge is 0.504 e. The summed E-state index contributed by atoms with van der Waals surface area (Å²) in [6.45, 7) is 3.86. The van der Waals surface area contributed by atoms with Gasteiger partial charge in [-0.3, -0.25) is 19.0 Å². The molecular formula is C30H30ClF3N8O4. The number of likely N-dealkylation sites (N-methyl/N-ethyl adjacent to an activating group) is 1. The Kier molecular flexibility index (Phi) is 8.14. The molecule has 2 aliphatic rings. The van der Waals surface area contributed by atoms with Crippen LogP contribution in [0.4, 0.5) is 24.7 Å². The maximum atomic E-state index is 15.3. The number of nitrogens with one attached hydrogen (secondary N) is 1. The Morgan fingerprint density at radius 1 is 1.11 bits per heavy atom. The van der Waals surface area contributed by atoms with Gasteiger partial charge >= 0.3 is 0 Å². The Hall–Kier alpha value is -4.63. The van der Waals surface area contributed by atoms with Crippen molar-refractivity contribution in [2.45, 2.75) is 45.3 Å². The van der Waals surface area contributed by atoms with Crippen molar-refractivity contribution >= 4 is 46.0 Å². The summed E-state index contributed by atoms with van der Waals surface area (Å²) in [5.74, 6) is -6.66. The number of primary amides is 1. The molecule has 0 radical (unpaired) electrons. The molecule has 4 N–H and O–H groups in total. The van der Waals surface area contributed by atoms with Gasteiger partial charge in [0.15, 0.2) is 11.6 Å². The van der Waals surface area contributed by atoms with Crippen LogP contribution >= 0.6 is 11.6 Å². The number of hydrogen-bond donors (Lipinski definition) is 3. The number of rotatable bonds is 6. The number of carbonyl (C=O) groups excluding carboxylic acids is 2. The minimum absolute atomic E-state index is 0.00997. The van der Waals surface area contributed by atoms with Gasteiger partial charge in [0.2, 0.25) is 17.7 Å². The van der Waals surface area contributed by atoms with Crippen molar-refractivity contribution in [3.05, 3.63) is 62.7 Å². The zero-order valence-electron chi connectivity index (χ0n) is 24.9. The van der Waals surface area contributed by atoms with E-state index in [-0.39, 0.29) is 28.3 Å². The maximum absolute atomic E-state index is 15.3. The second-order valence-electron chi connectivity index (χ2n) is 11.6. The van der Waals surface area contributed by atoms with Gasteiger partial charge in [-0.2, -0.15) is 8.78 Å². The van der Waals surface area contributed by atoms with E-state index < -0.39 is 63.4 Å². The molecule has 3 aromatic heterocycles. The van der Waals surface area contributed by atoms with Crippen LogP contribution in [0.25, 0.3) is 22.2 Å². The van der Waals surface area contributed by atoms with Gasteiger partial charge in [0.25, 0.3) is 11.5 Å². The first-order valence-corrected chi connectivity index (χ1v) is 15.0. The van der Waals surface area contributed by atoms with Crippen LogP contribution in [0.3, 0.4) is 0 Å². The number of nitrogens with two attached hydrogens (primary N) is 1. The van der Waals surface area contributed by atoms with Crippen molar-refractivity contribution in [1.29, 1.82) is 0 Å². The zero-order valence-corrected chi connectivity index (χ0v) is 25.7. The van der Waals surface area contributed by atoms with Gasteiger partial charge in [0.05, 0.1) is 16.6 Å². The zero-order chi connectivity index (χ0) is 33.0. The Balaban J connectivity index is 1.42. The lowest BCUT2D eigenvalue weighted by Crippen LogP contribution is -2.50. The van der Waals surface area contributed by atoms with E-state index in [2.05, 4.69) is 20.2 Å². The number of aryl methyl sites for hydroxylation is 1. The van der Waals surface area contributed by atoms with E-state index in [1.807, 2.05) is 18.9 Å². The lowest BCUT2D eigenvalue weighted by Gasteiger charge is -2.39. The van der Waals surface area contributed by atoms with Crippen molar-refractivity contribution in [2.75, 3.05) is 36.9 Å². The summed E-state index contributed by atoms with van der Waals surface area (Å²) < 4.78 is 47.6. The first-order valence-electron chi connectivity index (χ1n) is 14.6. The minimum Gasteiger partial charge on any atom is -0.504 e. The number of halogens is 4. The summed E-state index contributed by atoms with van der Waals surface area (Å²) in [6.07, 6.45) is 3.18. The Morgan fingerprint density at radius 2 is 1.87 bits per heavy atom. The number of amides is 2. The molecule has 0 unspecified atom stereocenters. The summed E-state index contributed by atoms with van der Waals surface area (Å²) in [7, 11) is 1.98. The smallest absolute Gasteiger partial charge is 0.263 e. The maximum Gasteiger partial charge on any atom is 0.263 e. The number of phenols is 1. The molecule has 1 atom stereocenters. The van der Waals surface area contributed by atoms with Crippen molar-refractivity contribution in [3.8, 4) is 16.9 Å². The number of nitrogens with zero attached hydrogens (tertiary/aromatic N) is 6.